The van der Waals surface area contributed by atoms with E-state index in [0.29, 0.717) is 11.1 Å². The van der Waals surface area contributed by atoms with Gasteiger partial charge in [-0.1, -0.05) is 12.1 Å². The number of amides is 2. The van der Waals surface area contributed by atoms with Crippen molar-refractivity contribution >= 4 is 23.9 Å². The van der Waals surface area contributed by atoms with Crippen LogP contribution in [0.1, 0.15) is 22.8 Å². The fourth-order valence-corrected chi connectivity index (χ4v) is 1.26. The third-order valence-corrected chi connectivity index (χ3v) is 2.37. The van der Waals surface area contributed by atoms with Crippen LogP contribution in [0.2, 0.25) is 0 Å². The molecule has 0 aromatic heterocycles. The van der Waals surface area contributed by atoms with Crippen LogP contribution in [0.5, 0.6) is 0 Å². The van der Waals surface area contributed by atoms with Gasteiger partial charge in [0.25, 0.3) is 5.91 Å². The lowest BCUT2D eigenvalue weighted by atomic mass is 10.1. The van der Waals surface area contributed by atoms with E-state index in [0.717, 1.165) is 6.08 Å². The number of hydrogen-bond acceptors (Lipinski definition) is 3. The average Bonchev–Trinajstić information content (AvgIpc) is 2.36. The molecule has 0 fully saturated rings. The highest BCUT2D eigenvalue weighted by molar-refractivity contribution is 5.97. The van der Waals surface area contributed by atoms with Crippen LogP contribution < -0.4 is 11.1 Å². The van der Waals surface area contributed by atoms with Crippen LogP contribution >= 0.6 is 0 Å². The summed E-state index contributed by atoms with van der Waals surface area (Å²) in [5.74, 6) is -2.08. The second-order valence-electron chi connectivity index (χ2n) is 3.89. The Hall–Kier alpha value is -2.63. The molecule has 6 nitrogen and oxygen atoms in total. The maximum Gasteiger partial charge on any atom is 0.328 e. The fraction of sp³-hybridized carbons (Fsp3) is 0.154. The molecule has 1 atom stereocenters. The van der Waals surface area contributed by atoms with Crippen molar-refractivity contribution in [2.45, 2.75) is 13.0 Å². The van der Waals surface area contributed by atoms with E-state index >= 15 is 0 Å². The van der Waals surface area contributed by atoms with E-state index in [-0.39, 0.29) is 0 Å². The van der Waals surface area contributed by atoms with Crippen LogP contribution in [0.15, 0.2) is 30.3 Å². The highest BCUT2D eigenvalue weighted by Gasteiger charge is 2.13. The molecule has 0 aliphatic rings. The monoisotopic (exact) mass is 262 g/mol. The Kier molecular flexibility index (Phi) is 4.82. The average molecular weight is 262 g/mol. The quantitative estimate of drug-likeness (QED) is 0.666. The predicted octanol–water partition coefficient (Wildman–Crippen LogP) is 0.388. The number of carboxylic acids is 1. The molecule has 0 heterocycles. The summed E-state index contributed by atoms with van der Waals surface area (Å²) in [6, 6.07) is 5.51. The Balaban J connectivity index is 2.73. The van der Waals surface area contributed by atoms with Gasteiger partial charge in [0.15, 0.2) is 0 Å². The van der Waals surface area contributed by atoms with Crippen molar-refractivity contribution in [3.05, 3.63) is 41.5 Å². The molecule has 6 heteroatoms. The number of carboxylic acid groups (broad SMARTS) is 1. The topological polar surface area (TPSA) is 109 Å². The van der Waals surface area contributed by atoms with Gasteiger partial charge in [-0.3, -0.25) is 9.59 Å². The van der Waals surface area contributed by atoms with Gasteiger partial charge in [-0.05, 0) is 30.7 Å². The van der Waals surface area contributed by atoms with Gasteiger partial charge in [-0.2, -0.15) is 0 Å². The summed E-state index contributed by atoms with van der Waals surface area (Å²) < 4.78 is 0. The van der Waals surface area contributed by atoms with Crippen molar-refractivity contribution in [2.24, 2.45) is 5.73 Å². The number of rotatable bonds is 5. The molecule has 1 rings (SSSR count). The number of carbonyl (C=O) groups excluding carboxylic acids is 2. The zero-order valence-corrected chi connectivity index (χ0v) is 10.3. The first-order chi connectivity index (χ1) is 8.90. The highest BCUT2D eigenvalue weighted by Crippen LogP contribution is 2.06. The molecular weight excluding hydrogens is 248 g/mol. The van der Waals surface area contributed by atoms with Crippen molar-refractivity contribution < 1.29 is 19.5 Å². The number of aliphatic carboxylic acids is 1. The number of nitrogens with one attached hydrogen (secondary N) is 1. The summed E-state index contributed by atoms with van der Waals surface area (Å²) in [6.07, 6.45) is 2.42. The first kappa shape index (κ1) is 14.4. The SMILES string of the molecule is CC(NC(=O)c1ccc(/C=C/C(=O)O)cc1)C(N)=O. The molecule has 1 unspecified atom stereocenters. The van der Waals surface area contributed by atoms with E-state index < -0.39 is 23.8 Å². The van der Waals surface area contributed by atoms with Gasteiger partial charge in [-0.25, -0.2) is 4.79 Å². The van der Waals surface area contributed by atoms with Gasteiger partial charge in [0.05, 0.1) is 0 Å². The van der Waals surface area contributed by atoms with E-state index in [9.17, 15) is 14.4 Å². The van der Waals surface area contributed by atoms with E-state index in [1.807, 2.05) is 0 Å². The zero-order valence-electron chi connectivity index (χ0n) is 10.3. The normalized spacial score (nSPS) is 12.1. The molecule has 4 N–H and O–H groups in total. The summed E-state index contributed by atoms with van der Waals surface area (Å²) in [5.41, 5.74) is 6.05. The van der Waals surface area contributed by atoms with Gasteiger partial charge in [0, 0.05) is 11.6 Å². The summed E-state index contributed by atoms with van der Waals surface area (Å²) in [4.78, 5) is 32.9. The van der Waals surface area contributed by atoms with Crippen LogP contribution in [-0.4, -0.2) is 28.9 Å². The molecule has 0 aliphatic heterocycles. The minimum atomic E-state index is -1.04. The lowest BCUT2D eigenvalue weighted by Gasteiger charge is -2.09. The number of primary amides is 1. The van der Waals surface area contributed by atoms with Crippen molar-refractivity contribution in [3.8, 4) is 0 Å². The molecule has 100 valence electrons. The van der Waals surface area contributed by atoms with Crippen LogP contribution in [0.3, 0.4) is 0 Å². The Bertz CT molecular complexity index is 520. The summed E-state index contributed by atoms with van der Waals surface area (Å²) in [6.45, 7) is 1.49. The third-order valence-electron chi connectivity index (χ3n) is 2.37. The van der Waals surface area contributed by atoms with Crippen molar-refractivity contribution in [1.29, 1.82) is 0 Å². The second-order valence-corrected chi connectivity index (χ2v) is 3.89. The highest BCUT2D eigenvalue weighted by atomic mass is 16.4. The van der Waals surface area contributed by atoms with E-state index in [4.69, 9.17) is 10.8 Å². The smallest absolute Gasteiger partial charge is 0.328 e. The van der Waals surface area contributed by atoms with E-state index in [2.05, 4.69) is 5.32 Å². The van der Waals surface area contributed by atoms with Gasteiger partial charge >= 0.3 is 5.97 Å². The molecule has 19 heavy (non-hydrogen) atoms. The van der Waals surface area contributed by atoms with Crippen LogP contribution in [0.4, 0.5) is 0 Å². The molecule has 0 bridgehead atoms. The number of benzene rings is 1. The van der Waals surface area contributed by atoms with E-state index in [1.54, 1.807) is 12.1 Å². The van der Waals surface area contributed by atoms with Gasteiger partial charge in [0.2, 0.25) is 5.91 Å². The summed E-state index contributed by atoms with van der Waals surface area (Å²) in [7, 11) is 0. The lowest BCUT2D eigenvalue weighted by molar-refractivity contribution is -0.131. The van der Waals surface area contributed by atoms with Crippen LogP contribution in [-0.2, 0) is 9.59 Å². The fourth-order valence-electron chi connectivity index (χ4n) is 1.26. The van der Waals surface area contributed by atoms with Gasteiger partial charge in [-0.15, -0.1) is 0 Å². The molecule has 2 amide bonds. The molecule has 0 radical (unpaired) electrons. The van der Waals surface area contributed by atoms with E-state index in [1.165, 1.54) is 25.1 Å². The summed E-state index contributed by atoms with van der Waals surface area (Å²) >= 11 is 0. The Labute approximate surface area is 109 Å². The number of hydrogen-bond donors (Lipinski definition) is 3. The molecule has 0 aliphatic carbocycles. The maximum atomic E-state index is 11.7. The molecule has 0 saturated heterocycles. The van der Waals surface area contributed by atoms with Crippen molar-refractivity contribution in [3.63, 3.8) is 0 Å². The van der Waals surface area contributed by atoms with Crippen molar-refractivity contribution in [1.82, 2.24) is 5.32 Å². The molecule has 0 saturated carbocycles. The largest absolute Gasteiger partial charge is 0.478 e. The lowest BCUT2D eigenvalue weighted by Crippen LogP contribution is -2.42. The maximum absolute atomic E-state index is 11.7. The second kappa shape index (κ2) is 6.34. The molecule has 1 aromatic rings. The number of nitrogens with two attached hydrogens (primary N) is 1. The zero-order chi connectivity index (χ0) is 14.4. The van der Waals surface area contributed by atoms with Crippen LogP contribution in [0.25, 0.3) is 6.08 Å². The summed E-state index contributed by atoms with van der Waals surface area (Å²) in [5, 5.41) is 10.9. The standard InChI is InChI=1S/C13H14N2O4/c1-8(12(14)18)15-13(19)10-5-2-9(3-6-10)4-7-11(16)17/h2-8H,1H3,(H2,14,18)(H,15,19)(H,16,17)/b7-4+. The Morgan fingerprint density at radius 1 is 1.26 bits per heavy atom. The van der Waals surface area contributed by atoms with Crippen LogP contribution in [0, 0.1) is 0 Å². The Morgan fingerprint density at radius 2 is 1.84 bits per heavy atom. The minimum absolute atomic E-state index is 0.362. The Morgan fingerprint density at radius 3 is 2.32 bits per heavy atom. The first-order valence-corrected chi connectivity index (χ1v) is 5.51. The minimum Gasteiger partial charge on any atom is -0.478 e. The van der Waals surface area contributed by atoms with Crippen molar-refractivity contribution in [2.75, 3.05) is 0 Å². The molecule has 0 spiro atoms. The molecule has 1 aromatic carbocycles. The van der Waals surface area contributed by atoms with Gasteiger partial charge in [0.1, 0.15) is 6.04 Å². The third kappa shape index (κ3) is 4.63. The molecular formula is C13H14N2O4. The number of carbonyl (C=O) groups is 3. The predicted molar refractivity (Wildman–Crippen MR) is 69.2 cm³/mol. The first-order valence-electron chi connectivity index (χ1n) is 5.51. The van der Waals surface area contributed by atoms with Gasteiger partial charge < -0.3 is 16.2 Å².